The standard InChI is InChI=1S/C19H14N2O4S/c1-11-5-2-3-6-12(11)17-20-18-16(19(24)21(17)9-15(22)23)13(10-26-18)14-7-4-8-25-14/h2-8,10H,9H2,1H3,(H,22,23). The highest BCUT2D eigenvalue weighted by molar-refractivity contribution is 7.17. The fourth-order valence-corrected chi connectivity index (χ4v) is 3.87. The van der Waals surface area contributed by atoms with Gasteiger partial charge in [0.15, 0.2) is 0 Å². The molecule has 3 heterocycles. The number of fused-ring (bicyclic) bond motifs is 1. The Balaban J connectivity index is 2.06. The van der Waals surface area contributed by atoms with Gasteiger partial charge in [0.05, 0.1) is 11.6 Å². The van der Waals surface area contributed by atoms with Crippen LogP contribution in [0.4, 0.5) is 0 Å². The predicted molar refractivity (Wildman–Crippen MR) is 99.4 cm³/mol. The van der Waals surface area contributed by atoms with Crippen LogP contribution in [0.1, 0.15) is 5.56 Å². The Kier molecular flexibility index (Phi) is 3.93. The Morgan fingerprint density at radius 1 is 1.23 bits per heavy atom. The van der Waals surface area contributed by atoms with E-state index in [1.54, 1.807) is 12.1 Å². The molecule has 4 rings (SSSR count). The molecular weight excluding hydrogens is 352 g/mol. The Morgan fingerprint density at radius 2 is 2.04 bits per heavy atom. The third kappa shape index (κ3) is 2.62. The highest BCUT2D eigenvalue weighted by Crippen LogP contribution is 2.33. The zero-order valence-electron chi connectivity index (χ0n) is 13.8. The molecule has 0 unspecified atom stereocenters. The molecular formula is C19H14N2O4S. The molecule has 0 spiro atoms. The van der Waals surface area contributed by atoms with Crippen molar-refractivity contribution < 1.29 is 14.3 Å². The molecule has 0 saturated carbocycles. The number of benzene rings is 1. The maximum Gasteiger partial charge on any atom is 0.323 e. The predicted octanol–water partition coefficient (Wildman–Crippen LogP) is 3.78. The molecule has 130 valence electrons. The summed E-state index contributed by atoms with van der Waals surface area (Å²) in [6.07, 6.45) is 1.53. The summed E-state index contributed by atoms with van der Waals surface area (Å²) in [6, 6.07) is 11.0. The molecule has 26 heavy (non-hydrogen) atoms. The number of hydrogen-bond donors (Lipinski definition) is 1. The van der Waals surface area contributed by atoms with Crippen LogP contribution in [0.25, 0.3) is 32.9 Å². The Bertz CT molecular complexity index is 1170. The van der Waals surface area contributed by atoms with Crippen molar-refractivity contribution >= 4 is 27.5 Å². The zero-order valence-corrected chi connectivity index (χ0v) is 14.6. The lowest BCUT2D eigenvalue weighted by Crippen LogP contribution is -2.27. The van der Waals surface area contributed by atoms with E-state index in [1.165, 1.54) is 22.2 Å². The van der Waals surface area contributed by atoms with E-state index in [4.69, 9.17) is 4.42 Å². The van der Waals surface area contributed by atoms with Crippen LogP contribution >= 0.6 is 11.3 Å². The van der Waals surface area contributed by atoms with Crippen molar-refractivity contribution in [1.82, 2.24) is 9.55 Å². The first-order valence-electron chi connectivity index (χ1n) is 7.90. The van der Waals surface area contributed by atoms with Gasteiger partial charge in [-0.05, 0) is 24.6 Å². The summed E-state index contributed by atoms with van der Waals surface area (Å²) in [5, 5.41) is 11.5. The second kappa shape index (κ2) is 6.27. The molecule has 0 aliphatic carbocycles. The van der Waals surface area contributed by atoms with Gasteiger partial charge in [-0.3, -0.25) is 14.2 Å². The monoisotopic (exact) mass is 366 g/mol. The minimum atomic E-state index is -1.10. The lowest BCUT2D eigenvalue weighted by molar-refractivity contribution is -0.137. The molecule has 0 bridgehead atoms. The van der Waals surface area contributed by atoms with Crippen molar-refractivity contribution in [2.24, 2.45) is 0 Å². The molecule has 4 aromatic rings. The fraction of sp³-hybridized carbons (Fsp3) is 0.105. The van der Waals surface area contributed by atoms with Gasteiger partial charge in [-0.2, -0.15) is 0 Å². The lowest BCUT2D eigenvalue weighted by Gasteiger charge is -2.12. The third-order valence-electron chi connectivity index (χ3n) is 4.16. The largest absolute Gasteiger partial charge is 0.480 e. The topological polar surface area (TPSA) is 85.3 Å². The van der Waals surface area contributed by atoms with Gasteiger partial charge in [-0.15, -0.1) is 11.3 Å². The number of thiophene rings is 1. The summed E-state index contributed by atoms with van der Waals surface area (Å²) in [5.74, 6) is -0.186. The van der Waals surface area contributed by atoms with Crippen molar-refractivity contribution in [1.29, 1.82) is 0 Å². The Hall–Kier alpha value is -3.19. The maximum absolute atomic E-state index is 13.2. The number of furan rings is 1. The van der Waals surface area contributed by atoms with Gasteiger partial charge in [0.2, 0.25) is 0 Å². The number of aryl methyl sites for hydroxylation is 1. The quantitative estimate of drug-likeness (QED) is 0.594. The maximum atomic E-state index is 13.2. The molecule has 1 N–H and O–H groups in total. The number of rotatable bonds is 4. The van der Waals surface area contributed by atoms with Crippen LogP contribution in [-0.4, -0.2) is 20.6 Å². The smallest absolute Gasteiger partial charge is 0.323 e. The number of hydrogen-bond acceptors (Lipinski definition) is 5. The third-order valence-corrected chi connectivity index (χ3v) is 5.03. The minimum Gasteiger partial charge on any atom is -0.480 e. The van der Waals surface area contributed by atoms with E-state index < -0.39 is 12.5 Å². The second-order valence-electron chi connectivity index (χ2n) is 5.84. The van der Waals surface area contributed by atoms with Crippen LogP contribution in [0.5, 0.6) is 0 Å². The van der Waals surface area contributed by atoms with Crippen LogP contribution in [0, 0.1) is 6.92 Å². The van der Waals surface area contributed by atoms with Crippen molar-refractivity contribution in [3.05, 3.63) is 64.0 Å². The first-order valence-corrected chi connectivity index (χ1v) is 8.78. The Labute approximate surface area is 152 Å². The van der Waals surface area contributed by atoms with Gasteiger partial charge >= 0.3 is 5.97 Å². The molecule has 0 radical (unpaired) electrons. The average Bonchev–Trinajstić information content (AvgIpc) is 3.26. The lowest BCUT2D eigenvalue weighted by atomic mass is 10.1. The molecule has 0 fully saturated rings. The van der Waals surface area contributed by atoms with Crippen LogP contribution < -0.4 is 5.56 Å². The van der Waals surface area contributed by atoms with E-state index in [2.05, 4.69) is 4.98 Å². The normalized spacial score (nSPS) is 11.1. The molecule has 1 aromatic carbocycles. The fourth-order valence-electron chi connectivity index (χ4n) is 2.95. The molecule has 6 nitrogen and oxygen atoms in total. The zero-order chi connectivity index (χ0) is 18.3. The Morgan fingerprint density at radius 3 is 2.73 bits per heavy atom. The van der Waals surface area contributed by atoms with Gasteiger partial charge in [0.1, 0.15) is 23.0 Å². The molecule has 7 heteroatoms. The minimum absolute atomic E-state index is 0.357. The van der Waals surface area contributed by atoms with Crippen molar-refractivity contribution in [3.63, 3.8) is 0 Å². The van der Waals surface area contributed by atoms with Gasteiger partial charge in [-0.1, -0.05) is 24.3 Å². The molecule has 0 saturated heterocycles. The summed E-state index contributed by atoms with van der Waals surface area (Å²) in [6.45, 7) is 1.44. The molecule has 0 aliphatic rings. The van der Waals surface area contributed by atoms with E-state index >= 15 is 0 Å². The average molecular weight is 366 g/mol. The van der Waals surface area contributed by atoms with E-state index in [0.29, 0.717) is 27.4 Å². The van der Waals surface area contributed by atoms with Crippen LogP contribution in [-0.2, 0) is 11.3 Å². The SMILES string of the molecule is Cc1ccccc1-c1nc2scc(-c3ccco3)c2c(=O)n1CC(=O)O. The number of carboxylic acids is 1. The summed E-state index contributed by atoms with van der Waals surface area (Å²) in [4.78, 5) is 29.7. The van der Waals surface area contributed by atoms with Crippen LogP contribution in [0.3, 0.4) is 0 Å². The van der Waals surface area contributed by atoms with Gasteiger partial charge < -0.3 is 9.52 Å². The number of carbonyl (C=O) groups is 1. The number of carboxylic acid groups (broad SMARTS) is 1. The van der Waals surface area contributed by atoms with Gasteiger partial charge in [0, 0.05) is 16.5 Å². The van der Waals surface area contributed by atoms with E-state index in [1.807, 2.05) is 36.6 Å². The highest BCUT2D eigenvalue weighted by atomic mass is 32.1. The first kappa shape index (κ1) is 16.3. The summed E-state index contributed by atoms with van der Waals surface area (Å²) in [5.41, 5.74) is 1.90. The van der Waals surface area contributed by atoms with Crippen LogP contribution in [0.2, 0.25) is 0 Å². The number of nitrogens with zero attached hydrogens (tertiary/aromatic N) is 2. The number of aliphatic carboxylic acids is 1. The van der Waals surface area contributed by atoms with E-state index in [9.17, 15) is 14.7 Å². The number of aromatic nitrogens is 2. The molecule has 0 amide bonds. The van der Waals surface area contributed by atoms with E-state index in [-0.39, 0.29) is 5.56 Å². The van der Waals surface area contributed by atoms with Gasteiger partial charge in [0.25, 0.3) is 5.56 Å². The first-order chi connectivity index (χ1) is 12.6. The van der Waals surface area contributed by atoms with Crippen molar-refractivity contribution in [2.45, 2.75) is 13.5 Å². The van der Waals surface area contributed by atoms with E-state index in [0.717, 1.165) is 11.1 Å². The summed E-state index contributed by atoms with van der Waals surface area (Å²) in [7, 11) is 0. The van der Waals surface area contributed by atoms with Crippen molar-refractivity contribution in [3.8, 4) is 22.7 Å². The van der Waals surface area contributed by atoms with Crippen molar-refractivity contribution in [2.75, 3.05) is 0 Å². The second-order valence-corrected chi connectivity index (χ2v) is 6.70. The summed E-state index contributed by atoms with van der Waals surface area (Å²) < 4.78 is 6.62. The summed E-state index contributed by atoms with van der Waals surface area (Å²) >= 11 is 1.34. The highest BCUT2D eigenvalue weighted by Gasteiger charge is 2.21. The molecule has 0 aliphatic heterocycles. The van der Waals surface area contributed by atoms with Gasteiger partial charge in [-0.25, -0.2) is 4.98 Å². The van der Waals surface area contributed by atoms with Crippen LogP contribution in [0.15, 0.2) is 57.3 Å². The molecule has 3 aromatic heterocycles. The molecule has 0 atom stereocenters.